The summed E-state index contributed by atoms with van der Waals surface area (Å²) in [4.78, 5) is 11.1. The molecule has 2 heterocycles. The van der Waals surface area contributed by atoms with E-state index in [4.69, 9.17) is 0 Å². The molecule has 2 aliphatic heterocycles. The molecule has 0 spiro atoms. The van der Waals surface area contributed by atoms with Gasteiger partial charge in [-0.3, -0.25) is 4.99 Å². The van der Waals surface area contributed by atoms with Crippen LogP contribution in [0.5, 0.6) is 0 Å². The van der Waals surface area contributed by atoms with Gasteiger partial charge in [-0.1, -0.05) is 38.1 Å². The number of anilines is 1. The van der Waals surface area contributed by atoms with E-state index in [1.54, 1.807) is 7.05 Å². The van der Waals surface area contributed by atoms with Crippen LogP contribution in [-0.4, -0.2) is 30.0 Å². The smallest absolute Gasteiger partial charge is 0.130 e. The third-order valence-corrected chi connectivity index (χ3v) is 4.73. The van der Waals surface area contributed by atoms with E-state index in [0.717, 1.165) is 23.5 Å². The lowest BCUT2D eigenvalue weighted by atomic mass is 10.0. The highest BCUT2D eigenvalue weighted by molar-refractivity contribution is 6.01. The number of hydrogen-bond donors (Lipinski definition) is 1. The van der Waals surface area contributed by atoms with Crippen LogP contribution in [0.3, 0.4) is 0 Å². The van der Waals surface area contributed by atoms with Gasteiger partial charge in [-0.05, 0) is 31.0 Å². The van der Waals surface area contributed by atoms with Crippen LogP contribution in [0.15, 0.2) is 70.1 Å². The van der Waals surface area contributed by atoms with E-state index in [-0.39, 0.29) is 6.04 Å². The van der Waals surface area contributed by atoms with E-state index in [1.807, 2.05) is 19.3 Å². The van der Waals surface area contributed by atoms with E-state index in [9.17, 15) is 0 Å². The Bertz CT molecular complexity index is 766. The largest absolute Gasteiger partial charge is 0.342 e. The van der Waals surface area contributed by atoms with Gasteiger partial charge in [-0.25, -0.2) is 4.99 Å². The topological polar surface area (TPSA) is 40.0 Å². The molecule has 25 heavy (non-hydrogen) atoms. The minimum Gasteiger partial charge on any atom is -0.342 e. The lowest BCUT2D eigenvalue weighted by Gasteiger charge is -2.32. The van der Waals surface area contributed by atoms with Crippen LogP contribution in [0.1, 0.15) is 26.3 Å². The summed E-state index contributed by atoms with van der Waals surface area (Å²) in [5.74, 6) is 1.34. The monoisotopic (exact) mass is 334 g/mol. The van der Waals surface area contributed by atoms with Crippen molar-refractivity contribution in [2.24, 2.45) is 15.9 Å². The first kappa shape index (κ1) is 17.2. The molecule has 4 nitrogen and oxygen atoms in total. The summed E-state index contributed by atoms with van der Waals surface area (Å²) >= 11 is 0. The van der Waals surface area contributed by atoms with E-state index in [2.05, 4.69) is 76.7 Å². The molecule has 0 fully saturated rings. The number of allylic oxidation sites excluding steroid dienone is 2. The second-order valence-electron chi connectivity index (χ2n) is 6.38. The van der Waals surface area contributed by atoms with Gasteiger partial charge in [0.05, 0.1) is 6.04 Å². The standard InChI is InChI=1S/C21H26N4/c1-5-16-7-9-18(10-8-16)24-21-20-15(3)13-19(17(6-2)14-22-4)25(20)12-11-23-21/h6-15,20H,5H2,1-4H3,(H,23,24)/b17-6+,22-14?. The van der Waals surface area contributed by atoms with Crippen LogP contribution < -0.4 is 5.32 Å². The molecular weight excluding hydrogens is 308 g/mol. The first-order valence-corrected chi connectivity index (χ1v) is 8.87. The molecule has 1 aromatic carbocycles. The molecular formula is C21H26N4. The van der Waals surface area contributed by atoms with Crippen LogP contribution in [0.4, 0.5) is 5.69 Å². The fourth-order valence-corrected chi connectivity index (χ4v) is 3.40. The zero-order chi connectivity index (χ0) is 17.8. The zero-order valence-corrected chi connectivity index (χ0v) is 15.4. The molecule has 130 valence electrons. The summed E-state index contributed by atoms with van der Waals surface area (Å²) in [6.45, 7) is 6.45. The van der Waals surface area contributed by atoms with Gasteiger partial charge in [0.1, 0.15) is 5.84 Å². The highest BCUT2D eigenvalue weighted by atomic mass is 15.2. The normalized spacial score (nSPS) is 22.9. The van der Waals surface area contributed by atoms with Crippen molar-refractivity contribution in [3.63, 3.8) is 0 Å². The number of benzene rings is 1. The highest BCUT2D eigenvalue weighted by Gasteiger charge is 2.36. The number of aryl methyl sites for hydroxylation is 1. The van der Waals surface area contributed by atoms with Crippen LogP contribution in [0.25, 0.3) is 0 Å². The van der Waals surface area contributed by atoms with Gasteiger partial charge < -0.3 is 10.2 Å². The maximum Gasteiger partial charge on any atom is 0.130 e. The van der Waals surface area contributed by atoms with Crippen LogP contribution in [0.2, 0.25) is 0 Å². The van der Waals surface area contributed by atoms with Crippen molar-refractivity contribution in [3.05, 3.63) is 65.7 Å². The molecule has 1 aromatic rings. The predicted molar refractivity (Wildman–Crippen MR) is 107 cm³/mol. The van der Waals surface area contributed by atoms with Gasteiger partial charge >= 0.3 is 0 Å². The summed E-state index contributed by atoms with van der Waals surface area (Å²) in [7, 11) is 1.81. The molecule has 0 aliphatic carbocycles. The van der Waals surface area contributed by atoms with Crippen molar-refractivity contribution in [2.45, 2.75) is 33.2 Å². The molecule has 2 unspecified atom stereocenters. The van der Waals surface area contributed by atoms with Crippen molar-refractivity contribution in [1.82, 2.24) is 4.90 Å². The Kier molecular flexibility index (Phi) is 5.17. The molecule has 1 N–H and O–H groups in total. The maximum absolute atomic E-state index is 4.62. The quantitative estimate of drug-likeness (QED) is 0.829. The molecule has 0 saturated heterocycles. The molecule has 3 rings (SSSR count). The average Bonchev–Trinajstić information content (AvgIpc) is 2.98. The molecule has 2 atom stereocenters. The molecule has 0 saturated carbocycles. The second kappa shape index (κ2) is 7.51. The van der Waals surface area contributed by atoms with Crippen molar-refractivity contribution in [1.29, 1.82) is 0 Å². The SMILES string of the molecule is C/C=C(\C=NC)C1=CC(C)C2C(Nc3ccc(CC)cc3)=NC=CN12. The van der Waals surface area contributed by atoms with E-state index in [1.165, 1.54) is 11.3 Å². The summed E-state index contributed by atoms with van der Waals surface area (Å²) in [6, 6.07) is 8.76. The number of nitrogens with zero attached hydrogens (tertiary/aromatic N) is 3. The lowest BCUT2D eigenvalue weighted by Crippen LogP contribution is -2.42. The van der Waals surface area contributed by atoms with E-state index in [0.29, 0.717) is 5.92 Å². The van der Waals surface area contributed by atoms with Crippen molar-refractivity contribution >= 4 is 17.7 Å². The Hall–Kier alpha value is -2.62. The Morgan fingerprint density at radius 3 is 2.72 bits per heavy atom. The summed E-state index contributed by atoms with van der Waals surface area (Å²) in [6.07, 6.45) is 11.3. The summed E-state index contributed by atoms with van der Waals surface area (Å²) in [5, 5.41) is 3.51. The van der Waals surface area contributed by atoms with E-state index >= 15 is 0 Å². The van der Waals surface area contributed by atoms with Crippen LogP contribution in [0, 0.1) is 5.92 Å². The van der Waals surface area contributed by atoms with Crippen molar-refractivity contribution in [3.8, 4) is 0 Å². The molecule has 4 heteroatoms. The number of fused-ring (bicyclic) bond motifs is 1. The Labute approximate surface area is 150 Å². The number of aliphatic imine (C=N–C) groups is 2. The molecule has 0 bridgehead atoms. The summed E-state index contributed by atoms with van der Waals surface area (Å²) < 4.78 is 0. The first-order chi connectivity index (χ1) is 12.2. The van der Waals surface area contributed by atoms with Crippen LogP contribution >= 0.6 is 0 Å². The number of rotatable bonds is 4. The molecule has 2 aliphatic rings. The van der Waals surface area contributed by atoms with Gasteiger partial charge in [0.2, 0.25) is 0 Å². The fourth-order valence-electron chi connectivity index (χ4n) is 3.40. The molecule has 0 amide bonds. The van der Waals surface area contributed by atoms with Gasteiger partial charge in [-0.2, -0.15) is 0 Å². The summed E-state index contributed by atoms with van der Waals surface area (Å²) in [5.41, 5.74) is 4.74. The number of amidine groups is 1. The maximum atomic E-state index is 4.62. The first-order valence-electron chi connectivity index (χ1n) is 8.87. The highest BCUT2D eigenvalue weighted by Crippen LogP contribution is 2.34. The van der Waals surface area contributed by atoms with Gasteiger partial charge in [0, 0.05) is 48.5 Å². The van der Waals surface area contributed by atoms with Gasteiger partial charge in [-0.15, -0.1) is 0 Å². The van der Waals surface area contributed by atoms with Crippen molar-refractivity contribution < 1.29 is 0 Å². The zero-order valence-electron chi connectivity index (χ0n) is 15.4. The number of hydrogen-bond acceptors (Lipinski definition) is 4. The third-order valence-electron chi connectivity index (χ3n) is 4.73. The van der Waals surface area contributed by atoms with Crippen molar-refractivity contribution in [2.75, 3.05) is 12.4 Å². The minimum atomic E-state index is 0.186. The average molecular weight is 334 g/mol. The van der Waals surface area contributed by atoms with Gasteiger partial charge in [0.15, 0.2) is 0 Å². The Morgan fingerprint density at radius 1 is 1.32 bits per heavy atom. The lowest BCUT2D eigenvalue weighted by molar-refractivity contribution is 0.402. The predicted octanol–water partition coefficient (Wildman–Crippen LogP) is 4.40. The Balaban J connectivity index is 1.83. The number of nitrogens with one attached hydrogen (secondary N) is 1. The van der Waals surface area contributed by atoms with Gasteiger partial charge in [0.25, 0.3) is 0 Å². The molecule has 0 aromatic heterocycles. The Morgan fingerprint density at radius 2 is 2.08 bits per heavy atom. The van der Waals surface area contributed by atoms with E-state index < -0.39 is 0 Å². The van der Waals surface area contributed by atoms with Crippen LogP contribution in [-0.2, 0) is 6.42 Å². The second-order valence-corrected chi connectivity index (χ2v) is 6.38. The fraction of sp³-hybridized carbons (Fsp3) is 0.333. The molecule has 0 radical (unpaired) electrons. The third kappa shape index (κ3) is 3.43. The minimum absolute atomic E-state index is 0.186.